The van der Waals surface area contributed by atoms with Crippen LogP contribution in [0.2, 0.25) is 5.82 Å². The van der Waals surface area contributed by atoms with Crippen molar-refractivity contribution in [1.82, 2.24) is 0 Å². The molecule has 4 N–H and O–H groups in total. The molecule has 7 heteroatoms. The molecule has 1 aliphatic carbocycles. The van der Waals surface area contributed by atoms with Crippen molar-refractivity contribution in [1.29, 1.82) is 0 Å². The number of rotatable bonds is 3. The van der Waals surface area contributed by atoms with E-state index in [0.717, 1.165) is 6.07 Å². The van der Waals surface area contributed by atoms with Crippen LogP contribution in [0, 0.1) is 5.82 Å². The zero-order valence-corrected chi connectivity index (χ0v) is 8.67. The molecule has 0 aliphatic heterocycles. The molecular weight excluding hydrogens is 230 g/mol. The minimum Gasteiger partial charge on any atom is -0.507 e. The summed E-state index contributed by atoms with van der Waals surface area (Å²) in [6, 6.07) is 2.22. The van der Waals surface area contributed by atoms with Crippen LogP contribution in [0.25, 0.3) is 0 Å². The Morgan fingerprint density at radius 2 is 2.06 bits per heavy atom. The third kappa shape index (κ3) is 1.99. The summed E-state index contributed by atoms with van der Waals surface area (Å²) in [5.74, 6) is -3.98. The normalized spacial score (nSPS) is 22.3. The molecule has 5 nitrogen and oxygen atoms in total. The van der Waals surface area contributed by atoms with Crippen LogP contribution in [0.1, 0.15) is 28.3 Å². The van der Waals surface area contributed by atoms with Crippen molar-refractivity contribution in [2.75, 3.05) is 0 Å². The molecule has 0 saturated heterocycles. The van der Waals surface area contributed by atoms with Gasteiger partial charge in [-0.1, -0.05) is 6.07 Å². The van der Waals surface area contributed by atoms with Crippen LogP contribution < -0.4 is 0 Å². The number of phenols is 1. The summed E-state index contributed by atoms with van der Waals surface area (Å²) in [4.78, 5) is 10.8. The van der Waals surface area contributed by atoms with Crippen molar-refractivity contribution in [3.8, 4) is 5.75 Å². The maximum absolute atomic E-state index is 13.2. The summed E-state index contributed by atoms with van der Waals surface area (Å²) in [5, 5.41) is 36.3. The standard InChI is InChI=1S/C10H10BFO5/c12-7-2-1-4(5-3-6(5)11(16)17)9(13)8(7)10(14)15/h1-2,5-6,13,16-17H,3H2,(H,14,15). The van der Waals surface area contributed by atoms with Gasteiger partial charge in [0.1, 0.15) is 17.1 Å². The third-order valence-corrected chi connectivity index (χ3v) is 2.99. The first-order valence-electron chi connectivity index (χ1n) is 5.04. The molecule has 1 saturated carbocycles. The van der Waals surface area contributed by atoms with E-state index >= 15 is 0 Å². The molecule has 2 unspecified atom stereocenters. The summed E-state index contributed by atoms with van der Waals surface area (Å²) in [7, 11) is -1.52. The number of carboxylic acid groups (broad SMARTS) is 1. The average Bonchev–Trinajstić information content (AvgIpc) is 2.96. The lowest BCUT2D eigenvalue weighted by atomic mass is 9.81. The van der Waals surface area contributed by atoms with Gasteiger partial charge in [0.05, 0.1) is 0 Å². The number of aromatic carboxylic acids is 1. The maximum atomic E-state index is 13.2. The van der Waals surface area contributed by atoms with Gasteiger partial charge in [-0.3, -0.25) is 0 Å². The zero-order valence-electron chi connectivity index (χ0n) is 8.67. The molecule has 0 spiro atoms. The Hall–Kier alpha value is -1.60. The topological polar surface area (TPSA) is 98.0 Å². The summed E-state index contributed by atoms with van der Waals surface area (Å²) < 4.78 is 13.2. The predicted octanol–water partition coefficient (Wildman–Crippen LogP) is 0.560. The van der Waals surface area contributed by atoms with Crippen LogP contribution in [0.5, 0.6) is 5.75 Å². The van der Waals surface area contributed by atoms with Gasteiger partial charge in [0.15, 0.2) is 0 Å². The smallest absolute Gasteiger partial charge is 0.455 e. The molecule has 2 rings (SSSR count). The lowest BCUT2D eigenvalue weighted by Crippen LogP contribution is -2.11. The number of aromatic hydroxyl groups is 1. The maximum Gasteiger partial charge on any atom is 0.455 e. The fourth-order valence-corrected chi connectivity index (χ4v) is 1.99. The third-order valence-electron chi connectivity index (χ3n) is 2.99. The number of hydrogen-bond donors (Lipinski definition) is 4. The molecule has 0 aromatic heterocycles. The van der Waals surface area contributed by atoms with Crippen LogP contribution in [0.4, 0.5) is 4.39 Å². The Labute approximate surface area is 96.3 Å². The van der Waals surface area contributed by atoms with Crippen molar-refractivity contribution >= 4 is 13.1 Å². The van der Waals surface area contributed by atoms with Crippen LogP contribution in [-0.2, 0) is 0 Å². The van der Waals surface area contributed by atoms with E-state index in [0.29, 0.717) is 6.42 Å². The second-order valence-electron chi connectivity index (χ2n) is 4.09. The first kappa shape index (κ1) is 11.9. The molecule has 0 amide bonds. The lowest BCUT2D eigenvalue weighted by Gasteiger charge is -2.07. The van der Waals surface area contributed by atoms with Gasteiger partial charge in [0, 0.05) is 5.82 Å². The van der Waals surface area contributed by atoms with Crippen LogP contribution in [0.3, 0.4) is 0 Å². The highest BCUT2D eigenvalue weighted by Crippen LogP contribution is 2.56. The van der Waals surface area contributed by atoms with Crippen molar-refractivity contribution < 1.29 is 29.4 Å². The molecule has 1 aromatic rings. The summed E-state index contributed by atoms with van der Waals surface area (Å²) in [5.41, 5.74) is -0.539. The number of carbonyl (C=O) groups is 1. The van der Waals surface area contributed by atoms with Crippen LogP contribution in [-0.4, -0.2) is 33.3 Å². The second-order valence-corrected chi connectivity index (χ2v) is 4.09. The molecule has 1 aliphatic rings. The van der Waals surface area contributed by atoms with Gasteiger partial charge in [-0.2, -0.15) is 0 Å². The van der Waals surface area contributed by atoms with E-state index in [2.05, 4.69) is 0 Å². The molecule has 0 bridgehead atoms. The average molecular weight is 240 g/mol. The minimum absolute atomic E-state index is 0.238. The van der Waals surface area contributed by atoms with Gasteiger partial charge in [0.25, 0.3) is 0 Å². The Kier molecular flexibility index (Phi) is 2.80. The minimum atomic E-state index is -1.55. The Morgan fingerprint density at radius 3 is 2.53 bits per heavy atom. The monoisotopic (exact) mass is 240 g/mol. The molecule has 2 atom stereocenters. The van der Waals surface area contributed by atoms with E-state index in [1.54, 1.807) is 0 Å². The van der Waals surface area contributed by atoms with Crippen molar-refractivity contribution in [2.24, 2.45) is 0 Å². The van der Waals surface area contributed by atoms with Gasteiger partial charge in [-0.25, -0.2) is 9.18 Å². The molecule has 1 fully saturated rings. The quantitative estimate of drug-likeness (QED) is 0.578. The first-order chi connectivity index (χ1) is 7.93. The van der Waals surface area contributed by atoms with Crippen LogP contribution in [0.15, 0.2) is 12.1 Å². The van der Waals surface area contributed by atoms with E-state index in [4.69, 9.17) is 15.2 Å². The highest BCUT2D eigenvalue weighted by molar-refractivity contribution is 6.44. The Morgan fingerprint density at radius 1 is 1.41 bits per heavy atom. The highest BCUT2D eigenvalue weighted by atomic mass is 19.1. The predicted molar refractivity (Wildman–Crippen MR) is 56.3 cm³/mol. The van der Waals surface area contributed by atoms with E-state index in [1.165, 1.54) is 6.07 Å². The first-order valence-corrected chi connectivity index (χ1v) is 5.04. The molecule has 0 heterocycles. The van der Waals surface area contributed by atoms with Gasteiger partial charge >= 0.3 is 13.1 Å². The van der Waals surface area contributed by atoms with Crippen molar-refractivity contribution in [3.63, 3.8) is 0 Å². The summed E-state index contributed by atoms with van der Waals surface area (Å²) >= 11 is 0. The van der Waals surface area contributed by atoms with Gasteiger partial charge in [-0.05, 0) is 24.0 Å². The molecule has 0 radical (unpaired) electrons. The number of benzene rings is 1. The largest absolute Gasteiger partial charge is 0.507 e. The fraction of sp³-hybridized carbons (Fsp3) is 0.300. The van der Waals surface area contributed by atoms with Crippen molar-refractivity contribution in [2.45, 2.75) is 18.2 Å². The molecule has 1 aromatic carbocycles. The van der Waals surface area contributed by atoms with E-state index in [1.807, 2.05) is 0 Å². The molecule has 90 valence electrons. The second kappa shape index (κ2) is 4.01. The zero-order chi connectivity index (χ0) is 12.7. The number of halogens is 1. The Balaban J connectivity index is 2.38. The number of carboxylic acids is 1. The van der Waals surface area contributed by atoms with Gasteiger partial charge in [0.2, 0.25) is 0 Å². The Bertz CT molecular complexity index is 476. The molecule has 17 heavy (non-hydrogen) atoms. The molecular formula is C10H10BFO5. The van der Waals surface area contributed by atoms with E-state index < -0.39 is 36.0 Å². The highest BCUT2D eigenvalue weighted by Gasteiger charge is 2.47. The fourth-order valence-electron chi connectivity index (χ4n) is 1.99. The van der Waals surface area contributed by atoms with Crippen LogP contribution >= 0.6 is 0 Å². The summed E-state index contributed by atoms with van der Waals surface area (Å²) in [6.07, 6.45) is 0.427. The van der Waals surface area contributed by atoms with Gasteiger partial charge < -0.3 is 20.3 Å². The van der Waals surface area contributed by atoms with Gasteiger partial charge in [-0.15, -0.1) is 0 Å². The lowest BCUT2D eigenvalue weighted by molar-refractivity contribution is 0.0688. The van der Waals surface area contributed by atoms with Crippen molar-refractivity contribution in [3.05, 3.63) is 29.1 Å². The summed E-state index contributed by atoms with van der Waals surface area (Å²) in [6.45, 7) is 0. The number of hydrogen-bond acceptors (Lipinski definition) is 4. The van der Waals surface area contributed by atoms with E-state index in [-0.39, 0.29) is 11.5 Å². The van der Waals surface area contributed by atoms with E-state index in [9.17, 15) is 14.3 Å². The SMILES string of the molecule is O=C(O)c1c(F)ccc(C2CC2B(O)O)c1O.